The third kappa shape index (κ3) is 5.78. The first-order valence-corrected chi connectivity index (χ1v) is 17.1. The highest BCUT2D eigenvalue weighted by molar-refractivity contribution is 6.05. The van der Waals surface area contributed by atoms with Crippen molar-refractivity contribution >= 4 is 34.3 Å². The second-order valence-corrected chi connectivity index (χ2v) is 13.7. The molecular formula is C38H40N6O4. The van der Waals surface area contributed by atoms with Gasteiger partial charge in [-0.05, 0) is 111 Å². The number of aromatic nitrogens is 2. The first-order chi connectivity index (χ1) is 23.8. The Bertz CT molecular complexity index is 2000. The van der Waals surface area contributed by atoms with Gasteiger partial charge in [-0.2, -0.15) is 0 Å². The number of carbonyl (C=O) groups is 3. The molecule has 5 heterocycles. The molecule has 0 radical (unpaired) electrons. The lowest BCUT2D eigenvalue weighted by atomic mass is 9.87. The SMILES string of the molecule is [2H]c1ccc2ncn(-c3ccc(N4CCC(CN5CCC(c6ccc7c(c6)CN(C6CCC(=O)NC6=O)C7=O)CC5)CC4)cc3)c(=O)c2c1. The number of benzene rings is 3. The minimum Gasteiger partial charge on any atom is -0.372 e. The molecular weight excluding hydrogens is 604 g/mol. The fourth-order valence-corrected chi connectivity index (χ4v) is 8.05. The summed E-state index contributed by atoms with van der Waals surface area (Å²) in [5, 5.41) is 2.83. The highest BCUT2D eigenvalue weighted by Gasteiger charge is 2.39. The van der Waals surface area contributed by atoms with Crippen LogP contribution in [0.25, 0.3) is 16.6 Å². The Balaban J connectivity index is 0.823. The van der Waals surface area contributed by atoms with E-state index in [2.05, 4.69) is 44.4 Å². The molecule has 0 bridgehead atoms. The summed E-state index contributed by atoms with van der Waals surface area (Å²) >= 11 is 0. The van der Waals surface area contributed by atoms with E-state index in [9.17, 15) is 19.2 Å². The van der Waals surface area contributed by atoms with Gasteiger partial charge in [-0.3, -0.25) is 29.1 Å². The van der Waals surface area contributed by atoms with E-state index < -0.39 is 6.04 Å². The molecule has 0 saturated carbocycles. The van der Waals surface area contributed by atoms with Gasteiger partial charge in [0.15, 0.2) is 0 Å². The van der Waals surface area contributed by atoms with Crippen molar-refractivity contribution in [1.82, 2.24) is 24.7 Å². The predicted molar refractivity (Wildman–Crippen MR) is 183 cm³/mol. The van der Waals surface area contributed by atoms with Gasteiger partial charge in [-0.15, -0.1) is 0 Å². The van der Waals surface area contributed by atoms with Gasteiger partial charge in [0.2, 0.25) is 11.8 Å². The van der Waals surface area contributed by atoms with Crippen LogP contribution in [-0.4, -0.2) is 75.8 Å². The van der Waals surface area contributed by atoms with E-state index in [0.717, 1.165) is 75.3 Å². The maximum atomic E-state index is 13.1. The van der Waals surface area contributed by atoms with Crippen LogP contribution in [-0.2, 0) is 16.1 Å². The van der Waals surface area contributed by atoms with Crippen LogP contribution in [0.4, 0.5) is 5.69 Å². The van der Waals surface area contributed by atoms with E-state index in [-0.39, 0.29) is 29.7 Å². The molecule has 10 heteroatoms. The molecule has 4 aromatic rings. The van der Waals surface area contributed by atoms with Gasteiger partial charge in [-0.1, -0.05) is 24.2 Å². The highest BCUT2D eigenvalue weighted by Crippen LogP contribution is 2.34. The minimum atomic E-state index is -0.581. The lowest BCUT2D eigenvalue weighted by Gasteiger charge is -2.38. The Morgan fingerprint density at radius 2 is 1.62 bits per heavy atom. The van der Waals surface area contributed by atoms with Crippen molar-refractivity contribution in [3.63, 3.8) is 0 Å². The van der Waals surface area contributed by atoms with Crippen molar-refractivity contribution in [3.8, 4) is 5.69 Å². The summed E-state index contributed by atoms with van der Waals surface area (Å²) in [5.41, 5.74) is 5.29. The first-order valence-electron chi connectivity index (χ1n) is 17.6. The van der Waals surface area contributed by atoms with Gasteiger partial charge in [0.05, 0.1) is 18.0 Å². The minimum absolute atomic E-state index is 0.117. The molecule has 10 nitrogen and oxygen atoms in total. The zero-order valence-electron chi connectivity index (χ0n) is 27.9. The smallest absolute Gasteiger partial charge is 0.265 e. The largest absolute Gasteiger partial charge is 0.372 e. The molecule has 3 amide bonds. The standard InChI is InChI=1S/C38H40N6O4/c45-35-12-11-34(36(46)40-35)43-23-28-21-27(5-10-31(28)37(43)47)26-15-17-41(18-16-26)22-25-13-19-42(20-14-25)29-6-8-30(9-7-29)44-24-39-33-4-2-1-3-32(33)38(44)48/h1-10,21,24-26,34H,11-20,22-23H2,(H,40,45,46)/i1D. The van der Waals surface area contributed by atoms with Crippen LogP contribution in [0.15, 0.2) is 77.8 Å². The van der Waals surface area contributed by atoms with E-state index in [1.54, 1.807) is 34.0 Å². The number of amides is 3. The molecule has 4 aliphatic heterocycles. The number of hydrogen-bond donors (Lipinski definition) is 1. The molecule has 1 N–H and O–H groups in total. The van der Waals surface area contributed by atoms with Crippen LogP contribution in [0.3, 0.4) is 0 Å². The fraction of sp³-hybridized carbons (Fsp3) is 0.395. The number of hydrogen-bond acceptors (Lipinski definition) is 7. The number of nitrogens with zero attached hydrogens (tertiary/aromatic N) is 5. The number of carbonyl (C=O) groups excluding carboxylic acids is 3. The molecule has 8 rings (SSSR count). The topological polar surface area (TPSA) is 108 Å². The molecule has 3 aromatic carbocycles. The summed E-state index contributed by atoms with van der Waals surface area (Å²) in [4.78, 5) is 61.3. The maximum absolute atomic E-state index is 13.1. The molecule has 0 aliphatic carbocycles. The summed E-state index contributed by atoms with van der Waals surface area (Å²) in [6, 6.07) is 18.9. The van der Waals surface area contributed by atoms with Crippen molar-refractivity contribution in [3.05, 3.63) is 100 Å². The van der Waals surface area contributed by atoms with E-state index >= 15 is 0 Å². The van der Waals surface area contributed by atoms with Crippen LogP contribution in [0.2, 0.25) is 0 Å². The zero-order chi connectivity index (χ0) is 33.6. The average Bonchev–Trinajstić information content (AvgIpc) is 3.44. The van der Waals surface area contributed by atoms with Crippen molar-refractivity contribution in [1.29, 1.82) is 0 Å². The maximum Gasteiger partial charge on any atom is 0.265 e. The number of anilines is 1. The Morgan fingerprint density at radius 1 is 0.854 bits per heavy atom. The van der Waals surface area contributed by atoms with Crippen molar-refractivity contribution < 1.29 is 15.8 Å². The van der Waals surface area contributed by atoms with Crippen LogP contribution in [0.1, 0.15) is 67.3 Å². The molecule has 246 valence electrons. The van der Waals surface area contributed by atoms with Gasteiger partial charge in [0, 0.05) is 43.9 Å². The van der Waals surface area contributed by atoms with Crippen molar-refractivity contribution in [2.24, 2.45) is 5.92 Å². The van der Waals surface area contributed by atoms with Crippen molar-refractivity contribution in [2.45, 2.75) is 57.0 Å². The number of nitrogens with one attached hydrogen (secondary N) is 1. The summed E-state index contributed by atoms with van der Waals surface area (Å²) in [5.74, 6) is 0.370. The van der Waals surface area contributed by atoms with Gasteiger partial charge in [0.1, 0.15) is 12.4 Å². The highest BCUT2D eigenvalue weighted by atomic mass is 16.2. The quantitative estimate of drug-likeness (QED) is 0.313. The van der Waals surface area contributed by atoms with Gasteiger partial charge >= 0.3 is 0 Å². The zero-order valence-corrected chi connectivity index (χ0v) is 26.9. The molecule has 1 unspecified atom stereocenters. The lowest BCUT2D eigenvalue weighted by molar-refractivity contribution is -0.136. The number of fused-ring (bicyclic) bond motifs is 2. The Morgan fingerprint density at radius 3 is 2.40 bits per heavy atom. The van der Waals surface area contributed by atoms with E-state index in [1.165, 1.54) is 5.56 Å². The molecule has 3 fully saturated rings. The molecule has 1 aromatic heterocycles. The molecule has 3 saturated heterocycles. The summed E-state index contributed by atoms with van der Waals surface area (Å²) in [6.45, 7) is 5.69. The fourth-order valence-electron chi connectivity index (χ4n) is 8.05. The number of piperidine rings is 3. The first kappa shape index (κ1) is 29.3. The molecule has 48 heavy (non-hydrogen) atoms. The van der Waals surface area contributed by atoms with Crippen LogP contribution in [0.5, 0.6) is 0 Å². The third-order valence-corrected chi connectivity index (χ3v) is 10.8. The second kappa shape index (κ2) is 12.6. The van der Waals surface area contributed by atoms with Gasteiger partial charge in [0.25, 0.3) is 11.5 Å². The van der Waals surface area contributed by atoms with Gasteiger partial charge in [-0.25, -0.2) is 4.98 Å². The summed E-state index contributed by atoms with van der Waals surface area (Å²) in [6.07, 6.45) is 6.68. The Kier molecular flexibility index (Phi) is 7.73. The van der Waals surface area contributed by atoms with Gasteiger partial charge < -0.3 is 14.7 Å². The van der Waals surface area contributed by atoms with Crippen LogP contribution in [0, 0.1) is 5.92 Å². The third-order valence-electron chi connectivity index (χ3n) is 10.8. The van der Waals surface area contributed by atoms with E-state index in [4.69, 9.17) is 1.37 Å². The lowest BCUT2D eigenvalue weighted by Crippen LogP contribution is -2.52. The van der Waals surface area contributed by atoms with Crippen molar-refractivity contribution in [2.75, 3.05) is 37.6 Å². The number of imide groups is 1. The van der Waals surface area contributed by atoms with E-state index in [1.807, 2.05) is 18.2 Å². The average molecular weight is 646 g/mol. The molecule has 4 aliphatic rings. The molecule has 0 spiro atoms. The van der Waals surface area contributed by atoms with Crippen LogP contribution < -0.4 is 15.8 Å². The summed E-state index contributed by atoms with van der Waals surface area (Å²) < 4.78 is 9.42. The summed E-state index contributed by atoms with van der Waals surface area (Å²) in [7, 11) is 0. The van der Waals surface area contributed by atoms with E-state index in [0.29, 0.717) is 47.3 Å². The number of para-hydroxylation sites is 1. The normalized spacial score (nSPS) is 21.5. The number of likely N-dealkylation sites (tertiary alicyclic amines) is 1. The monoisotopic (exact) mass is 645 g/mol. The number of rotatable bonds is 6. The Hall–Kier alpha value is -4.83. The Labute approximate surface area is 280 Å². The second-order valence-electron chi connectivity index (χ2n) is 13.7. The predicted octanol–water partition coefficient (Wildman–Crippen LogP) is 4.24. The van der Waals surface area contributed by atoms with Crippen LogP contribution >= 0.6 is 0 Å². The molecule has 1 atom stereocenters.